The number of amides is 1. The van der Waals surface area contributed by atoms with Gasteiger partial charge in [-0.25, -0.2) is 4.99 Å². The number of amidine groups is 1. The van der Waals surface area contributed by atoms with Crippen LogP contribution in [-0.2, 0) is 11.4 Å². The summed E-state index contributed by atoms with van der Waals surface area (Å²) in [4.78, 5) is 20.7. The van der Waals surface area contributed by atoms with Crippen LogP contribution in [0.5, 0.6) is 11.5 Å². The number of ether oxygens (including phenoxy) is 2. The summed E-state index contributed by atoms with van der Waals surface area (Å²) >= 11 is 13.7. The van der Waals surface area contributed by atoms with Gasteiger partial charge in [-0.2, -0.15) is 0 Å². The summed E-state index contributed by atoms with van der Waals surface area (Å²) in [5, 5.41) is 1.74. The molecule has 1 aliphatic rings. The quantitative estimate of drug-likeness (QED) is 0.263. The number of benzene rings is 3. The summed E-state index contributed by atoms with van der Waals surface area (Å²) in [6.07, 6.45) is 2.64. The molecule has 0 spiro atoms. The molecule has 0 radical (unpaired) electrons. The normalized spacial score (nSPS) is 16.5. The van der Waals surface area contributed by atoms with Crippen molar-refractivity contribution >= 4 is 57.8 Å². The average Bonchev–Trinajstić information content (AvgIpc) is 3.19. The summed E-state index contributed by atoms with van der Waals surface area (Å²) in [6.45, 7) is 6.34. The molecule has 4 rings (SSSR count). The Balaban J connectivity index is 1.69. The fourth-order valence-corrected chi connectivity index (χ4v) is 5.30. The van der Waals surface area contributed by atoms with Gasteiger partial charge in [-0.3, -0.25) is 9.69 Å². The molecule has 1 aliphatic heterocycles. The zero-order valence-electron chi connectivity index (χ0n) is 21.1. The van der Waals surface area contributed by atoms with Crippen LogP contribution >= 0.6 is 35.0 Å². The van der Waals surface area contributed by atoms with Crippen molar-refractivity contribution in [2.45, 2.75) is 39.8 Å². The van der Waals surface area contributed by atoms with Gasteiger partial charge in [0.15, 0.2) is 16.7 Å². The first-order chi connectivity index (χ1) is 17.8. The second-order valence-corrected chi connectivity index (χ2v) is 10.5. The SMILES string of the molecule is CC[C@@H](C)N1C(=O)/C(=C\c2cccc(OC)c2OCc2ccc(Cl)cc2Cl)SC1=Nc1ccc(C)cc1. The highest BCUT2D eigenvalue weighted by Gasteiger charge is 2.36. The minimum Gasteiger partial charge on any atom is -0.493 e. The maximum absolute atomic E-state index is 13.5. The summed E-state index contributed by atoms with van der Waals surface area (Å²) in [5.74, 6) is 0.998. The number of aryl methyl sites for hydroxylation is 1. The second kappa shape index (κ2) is 12.1. The molecule has 1 heterocycles. The number of thioether (sulfide) groups is 1. The van der Waals surface area contributed by atoms with Gasteiger partial charge in [0.05, 0.1) is 17.7 Å². The molecule has 0 unspecified atom stereocenters. The third kappa shape index (κ3) is 6.32. The van der Waals surface area contributed by atoms with E-state index in [2.05, 4.69) is 6.92 Å². The Kier molecular flexibility index (Phi) is 8.85. The second-order valence-electron chi connectivity index (χ2n) is 8.68. The molecule has 8 heteroatoms. The van der Waals surface area contributed by atoms with E-state index in [4.69, 9.17) is 37.7 Å². The molecule has 192 valence electrons. The first-order valence-electron chi connectivity index (χ1n) is 11.9. The number of aliphatic imine (C=N–C) groups is 1. The van der Waals surface area contributed by atoms with Gasteiger partial charge in [0.2, 0.25) is 0 Å². The van der Waals surface area contributed by atoms with Crippen LogP contribution in [0.25, 0.3) is 6.08 Å². The third-order valence-corrected chi connectivity index (χ3v) is 7.60. The van der Waals surface area contributed by atoms with E-state index in [1.54, 1.807) is 24.1 Å². The molecular formula is C29H28Cl2N2O3S. The summed E-state index contributed by atoms with van der Waals surface area (Å²) in [5.41, 5.74) is 3.47. The molecule has 0 aromatic heterocycles. The van der Waals surface area contributed by atoms with E-state index < -0.39 is 0 Å². The van der Waals surface area contributed by atoms with Crippen molar-refractivity contribution in [2.75, 3.05) is 7.11 Å². The average molecular weight is 556 g/mol. The summed E-state index contributed by atoms with van der Waals surface area (Å²) in [7, 11) is 1.58. The lowest BCUT2D eigenvalue weighted by atomic mass is 10.1. The number of carbonyl (C=O) groups is 1. The van der Waals surface area contributed by atoms with Crippen LogP contribution in [0.1, 0.15) is 37.0 Å². The monoisotopic (exact) mass is 554 g/mol. The van der Waals surface area contributed by atoms with Crippen molar-refractivity contribution in [3.05, 3.63) is 92.3 Å². The number of hydrogen-bond acceptors (Lipinski definition) is 5. The lowest BCUT2D eigenvalue weighted by molar-refractivity contribution is -0.123. The molecule has 3 aromatic rings. The number of para-hydroxylation sites is 1. The minimum atomic E-state index is -0.0836. The van der Waals surface area contributed by atoms with Crippen LogP contribution in [0, 0.1) is 6.92 Å². The molecule has 5 nitrogen and oxygen atoms in total. The minimum absolute atomic E-state index is 0.00294. The molecule has 0 N–H and O–H groups in total. The molecule has 0 bridgehead atoms. The Bertz CT molecular complexity index is 1360. The van der Waals surface area contributed by atoms with E-state index >= 15 is 0 Å². The number of carbonyl (C=O) groups excluding carboxylic acids is 1. The van der Waals surface area contributed by atoms with Crippen LogP contribution < -0.4 is 9.47 Å². The van der Waals surface area contributed by atoms with Gasteiger partial charge >= 0.3 is 0 Å². The molecule has 1 amide bonds. The van der Waals surface area contributed by atoms with Crippen molar-refractivity contribution < 1.29 is 14.3 Å². The summed E-state index contributed by atoms with van der Waals surface area (Å²) in [6, 6.07) is 18.8. The van der Waals surface area contributed by atoms with E-state index in [1.807, 2.05) is 68.5 Å². The Morgan fingerprint density at radius 1 is 1.11 bits per heavy atom. The fraction of sp³-hybridized carbons (Fsp3) is 0.241. The third-order valence-electron chi connectivity index (χ3n) is 6.03. The van der Waals surface area contributed by atoms with Crippen molar-refractivity contribution in [3.63, 3.8) is 0 Å². The topological polar surface area (TPSA) is 51.1 Å². The van der Waals surface area contributed by atoms with Crippen LogP contribution in [0.15, 0.2) is 70.6 Å². The Morgan fingerprint density at radius 3 is 2.54 bits per heavy atom. The largest absolute Gasteiger partial charge is 0.493 e. The molecular weight excluding hydrogens is 527 g/mol. The first-order valence-corrected chi connectivity index (χ1v) is 13.5. The lowest BCUT2D eigenvalue weighted by Gasteiger charge is -2.22. The van der Waals surface area contributed by atoms with Gasteiger partial charge in [0.1, 0.15) is 6.61 Å². The number of rotatable bonds is 8. The molecule has 0 saturated carbocycles. The van der Waals surface area contributed by atoms with E-state index in [9.17, 15) is 4.79 Å². The van der Waals surface area contributed by atoms with Crippen LogP contribution in [0.4, 0.5) is 5.69 Å². The van der Waals surface area contributed by atoms with Gasteiger partial charge < -0.3 is 9.47 Å². The molecule has 1 saturated heterocycles. The van der Waals surface area contributed by atoms with Crippen molar-refractivity contribution in [1.29, 1.82) is 0 Å². The van der Waals surface area contributed by atoms with E-state index in [1.165, 1.54) is 11.8 Å². The Morgan fingerprint density at radius 2 is 1.86 bits per heavy atom. The maximum atomic E-state index is 13.5. The summed E-state index contributed by atoms with van der Waals surface area (Å²) < 4.78 is 11.7. The lowest BCUT2D eigenvalue weighted by Crippen LogP contribution is -2.36. The van der Waals surface area contributed by atoms with Crippen LogP contribution in [-0.4, -0.2) is 29.1 Å². The Labute approximate surface area is 232 Å². The predicted octanol–water partition coefficient (Wildman–Crippen LogP) is 8.29. The molecule has 3 aromatic carbocycles. The molecule has 0 aliphatic carbocycles. The van der Waals surface area contributed by atoms with Crippen LogP contribution in [0.2, 0.25) is 10.0 Å². The zero-order chi connectivity index (χ0) is 26.5. The van der Waals surface area contributed by atoms with Crippen LogP contribution in [0.3, 0.4) is 0 Å². The van der Waals surface area contributed by atoms with Gasteiger partial charge in [-0.15, -0.1) is 0 Å². The highest BCUT2D eigenvalue weighted by molar-refractivity contribution is 8.18. The van der Waals surface area contributed by atoms with Crippen molar-refractivity contribution in [2.24, 2.45) is 4.99 Å². The smallest absolute Gasteiger partial charge is 0.267 e. The van der Waals surface area contributed by atoms with E-state index in [-0.39, 0.29) is 18.6 Å². The van der Waals surface area contributed by atoms with Gasteiger partial charge in [-0.1, -0.05) is 66.0 Å². The molecule has 1 atom stereocenters. The fourth-order valence-electron chi connectivity index (χ4n) is 3.76. The highest BCUT2D eigenvalue weighted by atomic mass is 35.5. The standard InChI is InChI=1S/C29H28Cl2N2O3S/c1-5-19(3)33-28(34)26(37-29(33)32-23-13-9-18(2)10-14-23)15-20-7-6-8-25(35-4)27(20)36-17-21-11-12-22(30)16-24(21)31/h6-16,19H,5,17H2,1-4H3/b26-15+,32-29?/t19-/m1/s1. The maximum Gasteiger partial charge on any atom is 0.267 e. The number of nitrogens with zero attached hydrogens (tertiary/aromatic N) is 2. The predicted molar refractivity (Wildman–Crippen MR) is 154 cm³/mol. The first kappa shape index (κ1) is 27.1. The zero-order valence-corrected chi connectivity index (χ0v) is 23.5. The van der Waals surface area contributed by atoms with E-state index in [0.29, 0.717) is 31.6 Å². The van der Waals surface area contributed by atoms with E-state index in [0.717, 1.165) is 28.8 Å². The number of hydrogen-bond donors (Lipinski definition) is 0. The van der Waals surface area contributed by atoms with Gasteiger partial charge in [0.25, 0.3) is 5.91 Å². The molecule has 37 heavy (non-hydrogen) atoms. The highest BCUT2D eigenvalue weighted by Crippen LogP contribution is 2.39. The number of halogens is 2. The Hall–Kier alpha value is -2.93. The van der Waals surface area contributed by atoms with Crippen molar-refractivity contribution in [1.82, 2.24) is 4.90 Å². The molecule has 1 fully saturated rings. The van der Waals surface area contributed by atoms with Gasteiger partial charge in [-0.05, 0) is 68.4 Å². The number of methoxy groups -OCH3 is 1. The van der Waals surface area contributed by atoms with Gasteiger partial charge in [0, 0.05) is 27.2 Å². The van der Waals surface area contributed by atoms with Crippen molar-refractivity contribution in [3.8, 4) is 11.5 Å².